The summed E-state index contributed by atoms with van der Waals surface area (Å²) >= 11 is 0. The van der Waals surface area contributed by atoms with E-state index in [0.717, 1.165) is 12.3 Å². The zero-order chi connectivity index (χ0) is 15.5. The Morgan fingerprint density at radius 2 is 1.95 bits per heavy atom. The zero-order valence-electron chi connectivity index (χ0n) is 11.2. The van der Waals surface area contributed by atoms with Gasteiger partial charge in [0, 0.05) is 6.26 Å². The Morgan fingerprint density at radius 3 is 2.40 bits per heavy atom. The van der Waals surface area contributed by atoms with Gasteiger partial charge in [-0.05, 0) is 25.1 Å². The minimum atomic E-state index is -3.48. The molecule has 0 heterocycles. The second kappa shape index (κ2) is 5.91. The van der Waals surface area contributed by atoms with E-state index in [9.17, 15) is 18.0 Å². The molecule has 8 heteroatoms. The Labute approximate surface area is 116 Å². The molecule has 0 aromatic heterocycles. The largest absolute Gasteiger partial charge is 0.496 e. The second-order valence-corrected chi connectivity index (χ2v) is 6.18. The SMILES string of the molecule is COc1ccc(S(C)(=O)=O)cc1C(=O)NC(C)C(=O)O. The molecule has 7 nitrogen and oxygen atoms in total. The number of carboxylic acids is 1. The predicted molar refractivity (Wildman–Crippen MR) is 70.7 cm³/mol. The van der Waals surface area contributed by atoms with E-state index in [0.29, 0.717) is 0 Å². The lowest BCUT2D eigenvalue weighted by atomic mass is 10.1. The van der Waals surface area contributed by atoms with Crippen LogP contribution in [-0.2, 0) is 14.6 Å². The summed E-state index contributed by atoms with van der Waals surface area (Å²) in [5.74, 6) is -1.76. The molecule has 0 saturated carbocycles. The number of carbonyl (C=O) groups is 2. The van der Waals surface area contributed by atoms with Crippen molar-refractivity contribution in [2.24, 2.45) is 0 Å². The molecular formula is C12H15NO6S. The summed E-state index contributed by atoms with van der Waals surface area (Å²) < 4.78 is 27.9. The van der Waals surface area contributed by atoms with Gasteiger partial charge in [-0.1, -0.05) is 0 Å². The molecule has 20 heavy (non-hydrogen) atoms. The highest BCUT2D eigenvalue weighted by atomic mass is 32.2. The maximum atomic E-state index is 12.0. The number of rotatable bonds is 5. The van der Waals surface area contributed by atoms with Crippen LogP contribution in [0.1, 0.15) is 17.3 Å². The molecule has 0 fully saturated rings. The fourth-order valence-electron chi connectivity index (χ4n) is 1.43. The van der Waals surface area contributed by atoms with Crippen LogP contribution in [0, 0.1) is 0 Å². The van der Waals surface area contributed by atoms with E-state index in [1.807, 2.05) is 0 Å². The first-order valence-corrected chi connectivity index (χ1v) is 7.47. The van der Waals surface area contributed by atoms with Gasteiger partial charge in [0.2, 0.25) is 0 Å². The molecule has 1 aromatic carbocycles. The molecule has 2 N–H and O–H groups in total. The molecule has 0 bridgehead atoms. The molecule has 1 amide bonds. The number of methoxy groups -OCH3 is 1. The molecule has 0 spiro atoms. The van der Waals surface area contributed by atoms with Crippen molar-refractivity contribution in [1.29, 1.82) is 0 Å². The van der Waals surface area contributed by atoms with Crippen molar-refractivity contribution in [3.63, 3.8) is 0 Å². The number of nitrogens with one attached hydrogen (secondary N) is 1. The first-order chi connectivity index (χ1) is 9.16. The van der Waals surface area contributed by atoms with Gasteiger partial charge in [-0.15, -0.1) is 0 Å². The van der Waals surface area contributed by atoms with Gasteiger partial charge in [0.1, 0.15) is 11.8 Å². The fraction of sp³-hybridized carbons (Fsp3) is 0.333. The van der Waals surface area contributed by atoms with E-state index in [4.69, 9.17) is 9.84 Å². The predicted octanol–water partition coefficient (Wildman–Crippen LogP) is 0.302. The van der Waals surface area contributed by atoms with E-state index >= 15 is 0 Å². The lowest BCUT2D eigenvalue weighted by Gasteiger charge is -2.13. The van der Waals surface area contributed by atoms with Crippen LogP contribution in [0.2, 0.25) is 0 Å². The van der Waals surface area contributed by atoms with E-state index < -0.39 is 27.8 Å². The summed E-state index contributed by atoms with van der Waals surface area (Å²) in [7, 11) is -2.15. The first kappa shape index (κ1) is 16.0. The maximum absolute atomic E-state index is 12.0. The molecule has 0 aliphatic carbocycles. The van der Waals surface area contributed by atoms with Gasteiger partial charge in [0.05, 0.1) is 17.6 Å². The standard InChI is InChI=1S/C12H15NO6S/c1-7(12(15)16)13-11(14)9-6-8(20(3,17)18)4-5-10(9)19-2/h4-7H,1-3H3,(H,13,14)(H,15,16). The molecule has 110 valence electrons. The average molecular weight is 301 g/mol. The second-order valence-electron chi connectivity index (χ2n) is 4.17. The lowest BCUT2D eigenvalue weighted by Crippen LogP contribution is -2.38. The van der Waals surface area contributed by atoms with Crippen LogP contribution in [0.4, 0.5) is 0 Å². The highest BCUT2D eigenvalue weighted by Crippen LogP contribution is 2.22. The van der Waals surface area contributed by atoms with Crippen molar-refractivity contribution in [2.75, 3.05) is 13.4 Å². The Hall–Kier alpha value is -2.09. The van der Waals surface area contributed by atoms with Gasteiger partial charge < -0.3 is 15.2 Å². The molecule has 1 aromatic rings. The molecule has 0 aliphatic rings. The summed E-state index contributed by atoms with van der Waals surface area (Å²) in [6.45, 7) is 1.30. The van der Waals surface area contributed by atoms with Crippen molar-refractivity contribution in [3.8, 4) is 5.75 Å². The third-order valence-electron chi connectivity index (χ3n) is 2.56. The lowest BCUT2D eigenvalue weighted by molar-refractivity contribution is -0.138. The van der Waals surface area contributed by atoms with Crippen molar-refractivity contribution in [3.05, 3.63) is 23.8 Å². The van der Waals surface area contributed by atoms with Gasteiger partial charge in [0.15, 0.2) is 9.84 Å². The van der Waals surface area contributed by atoms with Crippen molar-refractivity contribution in [1.82, 2.24) is 5.32 Å². The number of hydrogen-bond donors (Lipinski definition) is 2. The highest BCUT2D eigenvalue weighted by Gasteiger charge is 2.20. The number of hydrogen-bond acceptors (Lipinski definition) is 5. The van der Waals surface area contributed by atoms with Crippen LogP contribution in [-0.4, -0.2) is 44.8 Å². The molecule has 0 aliphatic heterocycles. The maximum Gasteiger partial charge on any atom is 0.325 e. The smallest absolute Gasteiger partial charge is 0.325 e. The molecule has 0 saturated heterocycles. The Morgan fingerprint density at radius 1 is 1.35 bits per heavy atom. The van der Waals surface area contributed by atoms with Crippen molar-refractivity contribution >= 4 is 21.7 Å². The highest BCUT2D eigenvalue weighted by molar-refractivity contribution is 7.90. The van der Waals surface area contributed by atoms with Crippen LogP contribution in [0.15, 0.2) is 23.1 Å². The van der Waals surface area contributed by atoms with Crippen LogP contribution < -0.4 is 10.1 Å². The zero-order valence-corrected chi connectivity index (χ0v) is 12.0. The van der Waals surface area contributed by atoms with E-state index in [1.165, 1.54) is 26.2 Å². The van der Waals surface area contributed by atoms with Crippen LogP contribution in [0.5, 0.6) is 5.75 Å². The van der Waals surface area contributed by atoms with Crippen LogP contribution >= 0.6 is 0 Å². The Balaban J connectivity index is 3.21. The normalized spacial score (nSPS) is 12.6. The number of ether oxygens (including phenoxy) is 1. The molecule has 1 unspecified atom stereocenters. The van der Waals surface area contributed by atoms with E-state index in [1.54, 1.807) is 0 Å². The van der Waals surface area contributed by atoms with Gasteiger partial charge in [-0.2, -0.15) is 0 Å². The van der Waals surface area contributed by atoms with E-state index in [2.05, 4.69) is 5.32 Å². The summed E-state index contributed by atoms with van der Waals surface area (Å²) in [6.07, 6.45) is 1.01. The summed E-state index contributed by atoms with van der Waals surface area (Å²) in [6, 6.07) is 2.70. The topological polar surface area (TPSA) is 110 Å². The van der Waals surface area contributed by atoms with Gasteiger partial charge >= 0.3 is 5.97 Å². The quantitative estimate of drug-likeness (QED) is 0.809. The van der Waals surface area contributed by atoms with Crippen LogP contribution in [0.3, 0.4) is 0 Å². The van der Waals surface area contributed by atoms with E-state index in [-0.39, 0.29) is 16.2 Å². The van der Waals surface area contributed by atoms with Crippen molar-refractivity contribution < 1.29 is 27.9 Å². The summed E-state index contributed by atoms with van der Waals surface area (Å²) in [5, 5.41) is 11.0. The molecule has 1 atom stereocenters. The number of benzene rings is 1. The average Bonchev–Trinajstić information content (AvgIpc) is 2.36. The van der Waals surface area contributed by atoms with Gasteiger partial charge in [0.25, 0.3) is 5.91 Å². The third kappa shape index (κ3) is 3.70. The first-order valence-electron chi connectivity index (χ1n) is 5.58. The Kier molecular flexibility index (Phi) is 4.72. The van der Waals surface area contributed by atoms with Gasteiger partial charge in [-0.25, -0.2) is 8.42 Å². The molecule has 0 radical (unpaired) electrons. The number of amides is 1. The number of carboxylic acid groups (broad SMARTS) is 1. The van der Waals surface area contributed by atoms with Gasteiger partial charge in [-0.3, -0.25) is 9.59 Å². The van der Waals surface area contributed by atoms with Crippen molar-refractivity contribution in [2.45, 2.75) is 17.9 Å². The number of aliphatic carboxylic acids is 1. The monoisotopic (exact) mass is 301 g/mol. The molecular weight excluding hydrogens is 286 g/mol. The number of carbonyl (C=O) groups excluding carboxylic acids is 1. The van der Waals surface area contributed by atoms with Crippen LogP contribution in [0.25, 0.3) is 0 Å². The fourth-order valence-corrected chi connectivity index (χ4v) is 2.08. The molecule has 1 rings (SSSR count). The number of sulfone groups is 1. The summed E-state index contributed by atoms with van der Waals surface area (Å²) in [4.78, 5) is 22.6. The summed E-state index contributed by atoms with van der Waals surface area (Å²) in [5.41, 5.74) is -0.0384. The Bertz CT molecular complexity index is 637. The minimum Gasteiger partial charge on any atom is -0.496 e. The minimum absolute atomic E-state index is 0.0384. The third-order valence-corrected chi connectivity index (χ3v) is 3.67.